The van der Waals surface area contributed by atoms with Crippen LogP contribution in [0.2, 0.25) is 5.02 Å². The summed E-state index contributed by atoms with van der Waals surface area (Å²) in [7, 11) is 0. The van der Waals surface area contributed by atoms with Crippen LogP contribution in [0.1, 0.15) is 16.7 Å². The molecule has 0 aliphatic carbocycles. The van der Waals surface area contributed by atoms with E-state index >= 15 is 0 Å². The minimum atomic E-state index is -6.54. The van der Waals surface area contributed by atoms with Crippen LogP contribution in [-0.4, -0.2) is 23.7 Å². The van der Waals surface area contributed by atoms with E-state index in [-0.39, 0.29) is 21.7 Å². The van der Waals surface area contributed by atoms with Crippen molar-refractivity contribution >= 4 is 23.0 Å². The molecular weight excluding hydrogens is 468 g/mol. The molecule has 0 atom stereocenters. The molecule has 0 radical (unpaired) electrons. The highest BCUT2D eigenvalue weighted by atomic mass is 35.5. The molecule has 168 valence electrons. The molecular formula is C19H10ClF10N. The molecule has 0 spiro atoms. The van der Waals surface area contributed by atoms with Gasteiger partial charge in [-0.1, -0.05) is 29.3 Å². The number of aliphatic imine (C=N–C) groups is 1. The molecule has 2 aromatic rings. The van der Waals surface area contributed by atoms with Crippen LogP contribution >= 0.6 is 11.6 Å². The van der Waals surface area contributed by atoms with Crippen LogP contribution in [0, 0.1) is 6.92 Å². The minimum absolute atomic E-state index is 0.255. The summed E-state index contributed by atoms with van der Waals surface area (Å²) in [4.78, 5) is 3.16. The first kappa shape index (κ1) is 23.4. The van der Waals surface area contributed by atoms with Gasteiger partial charge in [-0.3, -0.25) is 4.99 Å². The third kappa shape index (κ3) is 3.88. The van der Waals surface area contributed by atoms with E-state index in [1.807, 2.05) is 0 Å². The maximum absolute atomic E-state index is 14.0. The van der Waals surface area contributed by atoms with Crippen LogP contribution in [0.25, 0.3) is 11.1 Å². The second-order valence-corrected chi connectivity index (χ2v) is 7.30. The van der Waals surface area contributed by atoms with Gasteiger partial charge in [0.05, 0.1) is 22.0 Å². The van der Waals surface area contributed by atoms with Crippen molar-refractivity contribution in [2.75, 3.05) is 0 Å². The van der Waals surface area contributed by atoms with Gasteiger partial charge in [0, 0.05) is 12.0 Å². The lowest BCUT2D eigenvalue weighted by Gasteiger charge is -2.28. The summed E-state index contributed by atoms with van der Waals surface area (Å²) in [5.74, 6) is -12.1. The lowest BCUT2D eigenvalue weighted by Crippen LogP contribution is -2.56. The molecule has 31 heavy (non-hydrogen) atoms. The smallest absolute Gasteiger partial charge is 0.251 e. The Morgan fingerprint density at radius 3 is 2.00 bits per heavy atom. The van der Waals surface area contributed by atoms with E-state index in [1.54, 1.807) is 0 Å². The number of hydrogen-bond donors (Lipinski definition) is 0. The highest BCUT2D eigenvalue weighted by Gasteiger charge is 2.75. The zero-order chi connectivity index (χ0) is 23.6. The first-order valence-electron chi connectivity index (χ1n) is 8.38. The number of benzene rings is 2. The summed E-state index contributed by atoms with van der Waals surface area (Å²) in [5.41, 5.74) is -3.93. The molecule has 0 N–H and O–H groups in total. The molecule has 2 aromatic carbocycles. The van der Waals surface area contributed by atoms with Crippen LogP contribution < -0.4 is 0 Å². The zero-order valence-electron chi connectivity index (χ0n) is 15.2. The standard InChI is InChI=1S/C19H10ClF10N/c1-8-2-3-10(12(4-8)17(23,24)25)11-5-9-6-15(31-14(9)7-13(11)20)16(21,22)18(26,27)19(28,29)30/h2-5,7H,6H2,1H3. The highest BCUT2D eigenvalue weighted by molar-refractivity contribution is 6.33. The van der Waals surface area contributed by atoms with Gasteiger partial charge in [0.1, 0.15) is 0 Å². The van der Waals surface area contributed by atoms with E-state index < -0.39 is 53.1 Å². The van der Waals surface area contributed by atoms with E-state index in [2.05, 4.69) is 4.99 Å². The molecule has 1 nitrogen and oxygen atoms in total. The minimum Gasteiger partial charge on any atom is -0.251 e. The summed E-state index contributed by atoms with van der Waals surface area (Å²) in [6.45, 7) is 1.41. The van der Waals surface area contributed by atoms with Gasteiger partial charge in [-0.25, -0.2) is 0 Å². The average molecular weight is 478 g/mol. The molecule has 0 aromatic heterocycles. The van der Waals surface area contributed by atoms with Gasteiger partial charge in [-0.05, 0) is 36.2 Å². The first-order valence-corrected chi connectivity index (χ1v) is 8.75. The Morgan fingerprint density at radius 1 is 0.839 bits per heavy atom. The van der Waals surface area contributed by atoms with Gasteiger partial charge in [0.15, 0.2) is 0 Å². The Balaban J connectivity index is 2.07. The Hall–Kier alpha value is -2.30. The number of rotatable bonds is 3. The first-order chi connectivity index (χ1) is 14.0. The van der Waals surface area contributed by atoms with Crippen LogP contribution in [0.15, 0.2) is 35.3 Å². The maximum atomic E-state index is 14.0. The van der Waals surface area contributed by atoms with Gasteiger partial charge >= 0.3 is 24.2 Å². The molecule has 1 aliphatic rings. The van der Waals surface area contributed by atoms with Gasteiger partial charge < -0.3 is 0 Å². The third-order valence-corrected chi connectivity index (χ3v) is 4.98. The quantitative estimate of drug-likeness (QED) is 0.400. The monoisotopic (exact) mass is 477 g/mol. The van der Waals surface area contributed by atoms with Crippen molar-refractivity contribution in [3.8, 4) is 11.1 Å². The summed E-state index contributed by atoms with van der Waals surface area (Å²) >= 11 is 5.98. The Morgan fingerprint density at radius 2 is 1.45 bits per heavy atom. The number of hydrogen-bond acceptors (Lipinski definition) is 1. The number of alkyl halides is 10. The Labute approximate surface area is 173 Å². The predicted molar refractivity (Wildman–Crippen MR) is 93.4 cm³/mol. The summed E-state index contributed by atoms with van der Waals surface area (Å²) in [5, 5.41) is -0.371. The van der Waals surface area contributed by atoms with Crippen LogP contribution in [0.3, 0.4) is 0 Å². The number of fused-ring (bicyclic) bond motifs is 1. The van der Waals surface area contributed by atoms with E-state index in [0.29, 0.717) is 0 Å². The molecule has 0 saturated heterocycles. The fourth-order valence-electron chi connectivity index (χ4n) is 3.09. The summed E-state index contributed by atoms with van der Waals surface area (Å²) in [6, 6.07) is 5.04. The molecule has 0 bridgehead atoms. The predicted octanol–water partition coefficient (Wildman–Crippen LogP) is 7.80. The van der Waals surface area contributed by atoms with Crippen LogP contribution in [-0.2, 0) is 12.6 Å². The maximum Gasteiger partial charge on any atom is 0.460 e. The van der Waals surface area contributed by atoms with Crippen molar-refractivity contribution < 1.29 is 43.9 Å². The van der Waals surface area contributed by atoms with E-state index in [9.17, 15) is 43.9 Å². The van der Waals surface area contributed by atoms with Gasteiger partial charge in [0.2, 0.25) is 0 Å². The van der Waals surface area contributed by atoms with E-state index in [0.717, 1.165) is 24.3 Å². The van der Waals surface area contributed by atoms with Crippen molar-refractivity contribution in [3.05, 3.63) is 52.0 Å². The largest absolute Gasteiger partial charge is 0.460 e. The number of nitrogens with zero attached hydrogens (tertiary/aromatic N) is 1. The summed E-state index contributed by atoms with van der Waals surface area (Å²) < 4.78 is 132. The molecule has 0 unspecified atom stereocenters. The molecule has 0 amide bonds. The van der Waals surface area contributed by atoms with Gasteiger partial charge in [0.25, 0.3) is 0 Å². The van der Waals surface area contributed by atoms with Crippen molar-refractivity contribution in [1.29, 1.82) is 0 Å². The van der Waals surface area contributed by atoms with Crippen LogP contribution in [0.5, 0.6) is 0 Å². The van der Waals surface area contributed by atoms with Gasteiger partial charge in [-0.2, -0.15) is 43.9 Å². The Bertz CT molecular complexity index is 1070. The average Bonchev–Trinajstić information content (AvgIpc) is 3.02. The molecule has 3 rings (SSSR count). The normalized spacial score (nSPS) is 15.2. The van der Waals surface area contributed by atoms with Crippen molar-refractivity contribution in [1.82, 2.24) is 0 Å². The van der Waals surface area contributed by atoms with Gasteiger partial charge in [-0.15, -0.1) is 0 Å². The zero-order valence-corrected chi connectivity index (χ0v) is 16.0. The number of halogens is 11. The number of aryl methyl sites for hydroxylation is 1. The summed E-state index contributed by atoms with van der Waals surface area (Å²) in [6.07, 6.45) is -12.5. The lowest BCUT2D eigenvalue weighted by atomic mass is 9.94. The van der Waals surface area contributed by atoms with E-state index in [4.69, 9.17) is 11.6 Å². The second kappa shape index (κ2) is 7.11. The van der Waals surface area contributed by atoms with Crippen molar-refractivity contribution in [2.45, 2.75) is 37.5 Å². The molecule has 1 heterocycles. The fourth-order valence-corrected chi connectivity index (χ4v) is 3.35. The van der Waals surface area contributed by atoms with Crippen LogP contribution in [0.4, 0.5) is 49.6 Å². The molecule has 12 heteroatoms. The lowest BCUT2D eigenvalue weighted by molar-refractivity contribution is -0.336. The van der Waals surface area contributed by atoms with E-state index in [1.165, 1.54) is 13.0 Å². The SMILES string of the molecule is Cc1ccc(-c2cc3c(cc2Cl)N=C(C(F)(F)C(F)(F)C(F)(F)F)C3)c(C(F)(F)F)c1. The molecule has 0 fully saturated rings. The molecule has 0 saturated carbocycles. The second-order valence-electron chi connectivity index (χ2n) is 6.89. The Kier molecular flexibility index (Phi) is 5.36. The van der Waals surface area contributed by atoms with Crippen molar-refractivity contribution in [2.24, 2.45) is 4.99 Å². The van der Waals surface area contributed by atoms with Crippen molar-refractivity contribution in [3.63, 3.8) is 0 Å². The molecule has 1 aliphatic heterocycles. The fraction of sp³-hybridized carbons (Fsp3) is 0.316. The third-order valence-electron chi connectivity index (χ3n) is 4.67. The topological polar surface area (TPSA) is 12.4 Å². The highest BCUT2D eigenvalue weighted by Crippen LogP contribution is 2.50.